The molecule has 23 heavy (non-hydrogen) atoms. The normalized spacial score (nSPS) is 19.7. The van der Waals surface area contributed by atoms with Gasteiger partial charge in [0, 0.05) is 10.0 Å². The van der Waals surface area contributed by atoms with Crippen molar-refractivity contribution in [2.24, 2.45) is 0 Å². The minimum absolute atomic E-state index is 0.0844. The maximum atomic E-state index is 12.2. The number of nitrogens with one attached hydrogen (secondary N) is 1. The van der Waals surface area contributed by atoms with E-state index in [9.17, 15) is 14.7 Å². The van der Waals surface area contributed by atoms with Crippen LogP contribution in [-0.2, 0) is 9.59 Å². The third-order valence-electron chi connectivity index (χ3n) is 3.80. The van der Waals surface area contributed by atoms with Crippen molar-refractivity contribution >= 4 is 33.4 Å². The van der Waals surface area contributed by atoms with Crippen molar-refractivity contribution in [3.8, 4) is 0 Å². The summed E-state index contributed by atoms with van der Waals surface area (Å²) < 4.78 is 0.862. The smallest absolute Gasteiger partial charge is 0.293 e. The molecule has 5 heteroatoms. The number of carbonyl (C=O) groups excluding carboxylic acids is 2. The molecule has 0 radical (unpaired) electrons. The molecule has 1 amide bonds. The van der Waals surface area contributed by atoms with E-state index in [1.54, 1.807) is 24.3 Å². The second kappa shape index (κ2) is 6.01. The fourth-order valence-corrected chi connectivity index (χ4v) is 2.80. The van der Waals surface area contributed by atoms with Crippen LogP contribution in [-0.4, -0.2) is 16.8 Å². The maximum absolute atomic E-state index is 12.2. The number of ketones is 1. The molecule has 116 valence electrons. The van der Waals surface area contributed by atoms with Gasteiger partial charge in [0.25, 0.3) is 11.7 Å². The highest BCUT2D eigenvalue weighted by Crippen LogP contribution is 2.33. The summed E-state index contributed by atoms with van der Waals surface area (Å²) in [5, 5.41) is 13.2. The predicted molar refractivity (Wildman–Crippen MR) is 90.8 cm³/mol. The molecule has 1 saturated heterocycles. The summed E-state index contributed by atoms with van der Waals surface area (Å²) in [6.45, 7) is 1.96. The van der Waals surface area contributed by atoms with Gasteiger partial charge in [-0.25, -0.2) is 0 Å². The van der Waals surface area contributed by atoms with Gasteiger partial charge < -0.3 is 10.4 Å². The Labute approximate surface area is 142 Å². The van der Waals surface area contributed by atoms with E-state index in [-0.39, 0.29) is 11.3 Å². The lowest BCUT2D eigenvalue weighted by Gasteiger charge is -2.14. The largest absolute Gasteiger partial charge is 0.507 e. The van der Waals surface area contributed by atoms with E-state index in [0.29, 0.717) is 5.56 Å². The molecule has 0 aliphatic carbocycles. The summed E-state index contributed by atoms with van der Waals surface area (Å²) in [7, 11) is 0. The Morgan fingerprint density at radius 1 is 1.04 bits per heavy atom. The van der Waals surface area contributed by atoms with Gasteiger partial charge in [-0.15, -0.1) is 0 Å². The molecule has 1 aliphatic heterocycles. The number of hydrogen-bond acceptors (Lipinski definition) is 3. The molecule has 0 bridgehead atoms. The molecule has 1 aliphatic rings. The van der Waals surface area contributed by atoms with Crippen LogP contribution in [0.4, 0.5) is 0 Å². The molecular formula is C18H14BrNO3. The average Bonchev–Trinajstić information content (AvgIpc) is 2.84. The Morgan fingerprint density at radius 2 is 1.65 bits per heavy atom. The first-order valence-electron chi connectivity index (χ1n) is 7.08. The molecule has 2 aromatic carbocycles. The summed E-state index contributed by atoms with van der Waals surface area (Å²) >= 11 is 3.32. The minimum Gasteiger partial charge on any atom is -0.507 e. The molecule has 1 atom stereocenters. The molecule has 1 heterocycles. The Kier molecular flexibility index (Phi) is 4.05. The number of amides is 1. The van der Waals surface area contributed by atoms with Gasteiger partial charge in [-0.3, -0.25) is 9.59 Å². The summed E-state index contributed by atoms with van der Waals surface area (Å²) in [6.07, 6.45) is 0. The van der Waals surface area contributed by atoms with Crippen LogP contribution in [0, 0.1) is 6.92 Å². The zero-order chi connectivity index (χ0) is 16.6. The van der Waals surface area contributed by atoms with Crippen LogP contribution in [0.25, 0.3) is 5.76 Å². The van der Waals surface area contributed by atoms with Crippen LogP contribution >= 0.6 is 15.9 Å². The number of aliphatic hydroxyl groups is 1. The van der Waals surface area contributed by atoms with Crippen LogP contribution in [0.3, 0.4) is 0 Å². The van der Waals surface area contributed by atoms with E-state index in [1.807, 2.05) is 31.2 Å². The Balaban J connectivity index is 2.10. The molecule has 0 saturated carbocycles. The molecule has 1 fully saturated rings. The topological polar surface area (TPSA) is 66.4 Å². The summed E-state index contributed by atoms with van der Waals surface area (Å²) in [5.74, 6) is -1.57. The monoisotopic (exact) mass is 371 g/mol. The molecule has 2 aromatic rings. The zero-order valence-corrected chi connectivity index (χ0v) is 13.9. The van der Waals surface area contributed by atoms with Gasteiger partial charge in [-0.2, -0.15) is 0 Å². The van der Waals surface area contributed by atoms with Crippen molar-refractivity contribution in [2.45, 2.75) is 13.0 Å². The highest BCUT2D eigenvalue weighted by atomic mass is 79.9. The molecule has 0 spiro atoms. The molecule has 3 rings (SSSR count). The van der Waals surface area contributed by atoms with E-state index >= 15 is 0 Å². The molecular weight excluding hydrogens is 358 g/mol. The first-order chi connectivity index (χ1) is 11.0. The first kappa shape index (κ1) is 15.5. The van der Waals surface area contributed by atoms with Crippen LogP contribution in [0.15, 0.2) is 58.6 Å². The van der Waals surface area contributed by atoms with Crippen molar-refractivity contribution in [1.82, 2.24) is 5.32 Å². The quantitative estimate of drug-likeness (QED) is 0.482. The highest BCUT2D eigenvalue weighted by Gasteiger charge is 2.39. The SMILES string of the molecule is Cc1ccc([C@@H]2NC(=O)C(=O)C2=C(O)c2ccc(Br)cc2)cc1. The zero-order valence-electron chi connectivity index (χ0n) is 12.3. The van der Waals surface area contributed by atoms with Gasteiger partial charge in [-0.05, 0) is 24.6 Å². The molecule has 0 unspecified atom stereocenters. The molecule has 0 aromatic heterocycles. The molecule has 4 nitrogen and oxygen atoms in total. The van der Waals surface area contributed by atoms with Crippen molar-refractivity contribution in [1.29, 1.82) is 0 Å². The summed E-state index contributed by atoms with van der Waals surface area (Å²) in [6, 6.07) is 13.8. The van der Waals surface area contributed by atoms with E-state index < -0.39 is 17.7 Å². The number of aryl methyl sites for hydroxylation is 1. The second-order valence-corrected chi connectivity index (χ2v) is 6.33. The third kappa shape index (κ3) is 2.92. The number of halogens is 1. The van der Waals surface area contributed by atoms with Crippen molar-refractivity contribution in [2.75, 3.05) is 0 Å². The van der Waals surface area contributed by atoms with Gasteiger partial charge in [0.1, 0.15) is 5.76 Å². The Bertz CT molecular complexity index is 807. The van der Waals surface area contributed by atoms with Gasteiger partial charge in [0.2, 0.25) is 0 Å². The van der Waals surface area contributed by atoms with Crippen LogP contribution in [0.1, 0.15) is 22.7 Å². The number of benzene rings is 2. The summed E-state index contributed by atoms with van der Waals surface area (Å²) in [4.78, 5) is 24.0. The lowest BCUT2D eigenvalue weighted by Crippen LogP contribution is -2.21. The van der Waals surface area contributed by atoms with E-state index in [0.717, 1.165) is 15.6 Å². The lowest BCUT2D eigenvalue weighted by atomic mass is 9.95. The maximum Gasteiger partial charge on any atom is 0.293 e. The lowest BCUT2D eigenvalue weighted by molar-refractivity contribution is -0.133. The van der Waals surface area contributed by atoms with Crippen LogP contribution < -0.4 is 5.32 Å². The number of carbonyl (C=O) groups is 2. The van der Waals surface area contributed by atoms with Gasteiger partial charge in [0.05, 0.1) is 11.6 Å². The number of aliphatic hydroxyl groups excluding tert-OH is 1. The van der Waals surface area contributed by atoms with Crippen molar-refractivity contribution < 1.29 is 14.7 Å². The third-order valence-corrected chi connectivity index (χ3v) is 4.33. The summed E-state index contributed by atoms with van der Waals surface area (Å²) in [5.41, 5.74) is 2.41. The average molecular weight is 372 g/mol. The van der Waals surface area contributed by atoms with Gasteiger partial charge >= 0.3 is 0 Å². The van der Waals surface area contributed by atoms with Crippen molar-refractivity contribution in [3.63, 3.8) is 0 Å². The van der Waals surface area contributed by atoms with Crippen LogP contribution in [0.2, 0.25) is 0 Å². The van der Waals surface area contributed by atoms with E-state index in [1.165, 1.54) is 0 Å². The predicted octanol–water partition coefficient (Wildman–Crippen LogP) is 3.47. The number of rotatable bonds is 2. The van der Waals surface area contributed by atoms with E-state index in [4.69, 9.17) is 0 Å². The van der Waals surface area contributed by atoms with Gasteiger partial charge in [0.15, 0.2) is 0 Å². The van der Waals surface area contributed by atoms with E-state index in [2.05, 4.69) is 21.2 Å². The fourth-order valence-electron chi connectivity index (χ4n) is 2.54. The minimum atomic E-state index is -0.700. The Hall–Kier alpha value is -2.40. The van der Waals surface area contributed by atoms with Crippen LogP contribution in [0.5, 0.6) is 0 Å². The standard InChI is InChI=1S/C18H14BrNO3/c1-10-2-4-11(5-3-10)15-14(17(22)18(23)20-15)16(21)12-6-8-13(19)9-7-12/h2-9,15,21H,1H3,(H,20,23)/t15-/m0/s1. The van der Waals surface area contributed by atoms with Gasteiger partial charge in [-0.1, -0.05) is 57.9 Å². The molecule has 2 N–H and O–H groups in total. The second-order valence-electron chi connectivity index (χ2n) is 5.42. The Morgan fingerprint density at radius 3 is 2.26 bits per heavy atom. The first-order valence-corrected chi connectivity index (χ1v) is 7.87. The fraction of sp³-hybridized carbons (Fsp3) is 0.111. The highest BCUT2D eigenvalue weighted by molar-refractivity contribution is 9.10. The number of Topliss-reactive ketones (excluding diaryl/α,β-unsaturated/α-hetero) is 1. The number of hydrogen-bond donors (Lipinski definition) is 2. The van der Waals surface area contributed by atoms with Crippen molar-refractivity contribution in [3.05, 3.63) is 75.3 Å².